The van der Waals surface area contributed by atoms with Crippen LogP contribution in [0.15, 0.2) is 24.3 Å². The number of rotatable bonds is 4. The van der Waals surface area contributed by atoms with Gasteiger partial charge in [0.1, 0.15) is 12.0 Å². The van der Waals surface area contributed by atoms with E-state index in [0.29, 0.717) is 6.54 Å². The van der Waals surface area contributed by atoms with Gasteiger partial charge in [0.2, 0.25) is 0 Å². The molecule has 1 N–H and O–H groups in total. The number of ether oxygens (including phenoxy) is 1. The van der Waals surface area contributed by atoms with Crippen molar-refractivity contribution < 1.29 is 9.53 Å². The highest BCUT2D eigenvalue weighted by Gasteiger charge is 2.22. The highest BCUT2D eigenvalue weighted by Crippen LogP contribution is 2.23. The van der Waals surface area contributed by atoms with Gasteiger partial charge < -0.3 is 14.8 Å². The molecule has 0 spiro atoms. The zero-order chi connectivity index (χ0) is 12.1. The molecule has 1 aliphatic rings. The Morgan fingerprint density at radius 1 is 1.47 bits per heavy atom. The molecule has 17 heavy (non-hydrogen) atoms. The fourth-order valence-corrected chi connectivity index (χ4v) is 2.22. The highest BCUT2D eigenvalue weighted by atomic mass is 16.5. The summed E-state index contributed by atoms with van der Waals surface area (Å²) in [6.07, 6.45) is 0.974. The maximum atomic E-state index is 10.7. The van der Waals surface area contributed by atoms with Crippen molar-refractivity contribution in [3.63, 3.8) is 0 Å². The third-order valence-corrected chi connectivity index (χ3v) is 3.16. The third-order valence-electron chi connectivity index (χ3n) is 3.16. The lowest BCUT2D eigenvalue weighted by atomic mass is 10.0. The van der Waals surface area contributed by atoms with Crippen LogP contribution in [0.1, 0.15) is 11.6 Å². The van der Waals surface area contributed by atoms with E-state index < -0.39 is 0 Å². The normalized spacial score (nSPS) is 21.1. The molecule has 92 valence electrons. The molecule has 1 aromatic carbocycles. The van der Waals surface area contributed by atoms with E-state index in [0.717, 1.165) is 31.7 Å². The van der Waals surface area contributed by atoms with E-state index in [1.54, 1.807) is 7.11 Å². The van der Waals surface area contributed by atoms with Crippen LogP contribution in [0.5, 0.6) is 5.75 Å². The predicted octanol–water partition coefficient (Wildman–Crippen LogP) is 0.840. The molecular weight excluding hydrogens is 216 g/mol. The molecule has 0 saturated carbocycles. The van der Waals surface area contributed by atoms with E-state index in [4.69, 9.17) is 4.74 Å². The molecule has 1 heterocycles. The summed E-state index contributed by atoms with van der Waals surface area (Å²) in [7, 11) is 1.66. The fourth-order valence-electron chi connectivity index (χ4n) is 2.22. The predicted molar refractivity (Wildman–Crippen MR) is 66.2 cm³/mol. The van der Waals surface area contributed by atoms with Crippen molar-refractivity contribution in [1.82, 2.24) is 10.2 Å². The van der Waals surface area contributed by atoms with Gasteiger partial charge in [-0.25, -0.2) is 0 Å². The van der Waals surface area contributed by atoms with Gasteiger partial charge in [-0.1, -0.05) is 12.1 Å². The standard InChI is InChI=1S/C13H18N2O2/c1-17-12-4-2-11(3-5-12)13-10-14-6-7-15(13)8-9-16/h2-5,9,13-14H,6-8,10H2,1H3. The summed E-state index contributed by atoms with van der Waals surface area (Å²) in [6.45, 7) is 3.24. The Hall–Kier alpha value is -1.39. The summed E-state index contributed by atoms with van der Waals surface area (Å²) in [6, 6.07) is 8.33. The molecule has 4 heteroatoms. The topological polar surface area (TPSA) is 41.6 Å². The number of methoxy groups -OCH3 is 1. The summed E-state index contributed by atoms with van der Waals surface area (Å²) in [4.78, 5) is 12.9. The smallest absolute Gasteiger partial charge is 0.134 e. The van der Waals surface area contributed by atoms with Crippen LogP contribution in [0.2, 0.25) is 0 Å². The SMILES string of the molecule is COc1ccc(C2CNCCN2CC=O)cc1. The van der Waals surface area contributed by atoms with Crippen molar-refractivity contribution in [3.8, 4) is 5.75 Å². The summed E-state index contributed by atoms with van der Waals surface area (Å²) < 4.78 is 5.15. The molecule has 0 aliphatic carbocycles. The number of carbonyl (C=O) groups is 1. The number of hydrogen-bond acceptors (Lipinski definition) is 4. The summed E-state index contributed by atoms with van der Waals surface area (Å²) in [5.41, 5.74) is 1.22. The lowest BCUT2D eigenvalue weighted by molar-refractivity contribution is -0.109. The Morgan fingerprint density at radius 2 is 2.24 bits per heavy atom. The van der Waals surface area contributed by atoms with Crippen molar-refractivity contribution in [2.45, 2.75) is 6.04 Å². The Bertz CT molecular complexity index is 364. The molecule has 1 atom stereocenters. The summed E-state index contributed by atoms with van der Waals surface area (Å²) in [5, 5.41) is 3.36. The average molecular weight is 234 g/mol. The maximum absolute atomic E-state index is 10.7. The zero-order valence-electron chi connectivity index (χ0n) is 10.1. The molecule has 0 amide bonds. The molecular formula is C13H18N2O2. The van der Waals surface area contributed by atoms with Gasteiger partial charge in [0.15, 0.2) is 0 Å². The van der Waals surface area contributed by atoms with Crippen LogP contribution in [0.25, 0.3) is 0 Å². The Kier molecular flexibility index (Phi) is 4.12. The Morgan fingerprint density at radius 3 is 2.88 bits per heavy atom. The van der Waals surface area contributed by atoms with Crippen molar-refractivity contribution in [1.29, 1.82) is 0 Å². The molecule has 2 rings (SSSR count). The summed E-state index contributed by atoms with van der Waals surface area (Å²) >= 11 is 0. The first-order valence-electron chi connectivity index (χ1n) is 5.87. The van der Waals surface area contributed by atoms with E-state index in [-0.39, 0.29) is 6.04 Å². The number of benzene rings is 1. The monoisotopic (exact) mass is 234 g/mol. The molecule has 0 aromatic heterocycles. The average Bonchev–Trinajstić information content (AvgIpc) is 2.40. The second kappa shape index (κ2) is 5.80. The number of piperazine rings is 1. The molecule has 4 nitrogen and oxygen atoms in total. The van der Waals surface area contributed by atoms with Gasteiger partial charge >= 0.3 is 0 Å². The van der Waals surface area contributed by atoms with E-state index in [9.17, 15) is 4.79 Å². The second-order valence-electron chi connectivity index (χ2n) is 4.15. The Labute approximate surface area is 102 Å². The number of hydrogen-bond donors (Lipinski definition) is 1. The lowest BCUT2D eigenvalue weighted by Gasteiger charge is -2.35. The fraction of sp³-hybridized carbons (Fsp3) is 0.462. The van der Waals surface area contributed by atoms with Gasteiger partial charge in [-0.05, 0) is 17.7 Å². The number of nitrogens with zero attached hydrogens (tertiary/aromatic N) is 1. The molecule has 0 radical (unpaired) electrons. The summed E-state index contributed by atoms with van der Waals surface area (Å²) in [5.74, 6) is 0.861. The quantitative estimate of drug-likeness (QED) is 0.784. The molecule has 1 aromatic rings. The lowest BCUT2D eigenvalue weighted by Crippen LogP contribution is -2.46. The minimum absolute atomic E-state index is 0.278. The number of carbonyl (C=O) groups excluding carboxylic acids is 1. The van der Waals surface area contributed by atoms with Crippen molar-refractivity contribution in [3.05, 3.63) is 29.8 Å². The first-order valence-corrected chi connectivity index (χ1v) is 5.87. The van der Waals surface area contributed by atoms with E-state index in [1.165, 1.54) is 5.56 Å². The van der Waals surface area contributed by atoms with Crippen molar-refractivity contribution in [2.75, 3.05) is 33.3 Å². The van der Waals surface area contributed by atoms with Crippen LogP contribution in [0.4, 0.5) is 0 Å². The van der Waals surface area contributed by atoms with Gasteiger partial charge in [0.05, 0.1) is 13.7 Å². The van der Waals surface area contributed by atoms with E-state index >= 15 is 0 Å². The van der Waals surface area contributed by atoms with Gasteiger partial charge in [-0.15, -0.1) is 0 Å². The van der Waals surface area contributed by atoms with Gasteiger partial charge in [-0.2, -0.15) is 0 Å². The van der Waals surface area contributed by atoms with E-state index in [2.05, 4.69) is 22.3 Å². The van der Waals surface area contributed by atoms with Crippen LogP contribution in [-0.2, 0) is 4.79 Å². The van der Waals surface area contributed by atoms with E-state index in [1.807, 2.05) is 12.1 Å². The molecule has 1 aliphatic heterocycles. The Balaban J connectivity index is 2.14. The van der Waals surface area contributed by atoms with Crippen LogP contribution >= 0.6 is 0 Å². The highest BCUT2D eigenvalue weighted by molar-refractivity contribution is 5.52. The largest absolute Gasteiger partial charge is 0.497 e. The number of aldehydes is 1. The third kappa shape index (κ3) is 2.84. The molecule has 1 unspecified atom stereocenters. The van der Waals surface area contributed by atoms with Crippen LogP contribution in [0.3, 0.4) is 0 Å². The number of nitrogens with one attached hydrogen (secondary N) is 1. The van der Waals surface area contributed by atoms with Crippen molar-refractivity contribution in [2.24, 2.45) is 0 Å². The van der Waals surface area contributed by atoms with Crippen LogP contribution in [-0.4, -0.2) is 44.5 Å². The second-order valence-corrected chi connectivity index (χ2v) is 4.15. The van der Waals surface area contributed by atoms with Crippen LogP contribution in [0, 0.1) is 0 Å². The van der Waals surface area contributed by atoms with Gasteiger partial charge in [-0.3, -0.25) is 4.90 Å². The minimum atomic E-state index is 0.278. The van der Waals surface area contributed by atoms with Gasteiger partial charge in [0.25, 0.3) is 0 Å². The molecule has 1 fully saturated rings. The molecule has 0 bridgehead atoms. The first-order chi connectivity index (χ1) is 8.35. The van der Waals surface area contributed by atoms with Gasteiger partial charge in [0, 0.05) is 25.7 Å². The van der Waals surface area contributed by atoms with Crippen LogP contribution < -0.4 is 10.1 Å². The van der Waals surface area contributed by atoms with Crippen molar-refractivity contribution >= 4 is 6.29 Å². The minimum Gasteiger partial charge on any atom is -0.497 e. The first kappa shape index (κ1) is 12.1. The molecule has 1 saturated heterocycles. The zero-order valence-corrected chi connectivity index (χ0v) is 10.1. The maximum Gasteiger partial charge on any atom is 0.134 e.